The molecule has 1 aromatic carbocycles. The normalized spacial score (nSPS) is 21.4. The molecule has 0 saturated carbocycles. The maximum absolute atomic E-state index is 13.3. The molecule has 2 aromatic rings. The van der Waals surface area contributed by atoms with Crippen LogP contribution in [-0.2, 0) is 27.7 Å². The van der Waals surface area contributed by atoms with Gasteiger partial charge in [-0.2, -0.15) is 13.2 Å². The third kappa shape index (κ3) is 2.57. The fourth-order valence-corrected chi connectivity index (χ4v) is 3.36. The number of carbonyl (C=O) groups is 1. The fourth-order valence-electron chi connectivity index (χ4n) is 3.15. The lowest BCUT2D eigenvalue weighted by Gasteiger charge is -2.32. The lowest BCUT2D eigenvalue weighted by Crippen LogP contribution is -2.35. The Morgan fingerprint density at radius 3 is 2.78 bits per heavy atom. The second kappa shape index (κ2) is 5.14. The van der Waals surface area contributed by atoms with Crippen LogP contribution in [0.4, 0.5) is 13.2 Å². The van der Waals surface area contributed by atoms with Gasteiger partial charge < -0.3 is 14.8 Å². The second-order valence-corrected chi connectivity index (χ2v) is 6.13. The standard InChI is InChI=1S/C15H13ClF3NO3/c1-14(6-10(21)22)13-7(4-5-23-14)11-8(15(17,18)19)2-3-9(16)12(11)20-13/h2-3,20H,4-6H2,1H3,(H,21,22). The third-order valence-corrected chi connectivity index (χ3v) is 4.42. The Labute approximate surface area is 134 Å². The highest BCUT2D eigenvalue weighted by atomic mass is 35.5. The molecule has 0 spiro atoms. The van der Waals surface area contributed by atoms with Crippen molar-refractivity contribution < 1.29 is 27.8 Å². The van der Waals surface area contributed by atoms with Crippen molar-refractivity contribution in [2.45, 2.75) is 31.5 Å². The van der Waals surface area contributed by atoms with Gasteiger partial charge in [0.2, 0.25) is 0 Å². The molecule has 0 fully saturated rings. The molecule has 2 heterocycles. The van der Waals surface area contributed by atoms with E-state index < -0.39 is 23.3 Å². The number of aromatic nitrogens is 1. The molecule has 4 nitrogen and oxygen atoms in total. The average molecular weight is 348 g/mol. The smallest absolute Gasteiger partial charge is 0.417 e. The number of aliphatic carboxylic acids is 1. The Balaban J connectivity index is 2.32. The van der Waals surface area contributed by atoms with Crippen LogP contribution in [-0.4, -0.2) is 22.7 Å². The van der Waals surface area contributed by atoms with Crippen molar-refractivity contribution in [3.05, 3.63) is 34.0 Å². The number of carboxylic acid groups (broad SMARTS) is 1. The molecule has 0 aliphatic carbocycles. The first kappa shape index (κ1) is 16.1. The van der Waals surface area contributed by atoms with Crippen LogP contribution < -0.4 is 0 Å². The monoisotopic (exact) mass is 347 g/mol. The summed E-state index contributed by atoms with van der Waals surface area (Å²) in [7, 11) is 0. The predicted octanol–water partition coefficient (Wildman–Crippen LogP) is 4.10. The van der Waals surface area contributed by atoms with E-state index in [4.69, 9.17) is 21.4 Å². The van der Waals surface area contributed by atoms with Crippen molar-refractivity contribution in [2.24, 2.45) is 0 Å². The summed E-state index contributed by atoms with van der Waals surface area (Å²) in [5, 5.41) is 9.22. The summed E-state index contributed by atoms with van der Waals surface area (Å²) >= 11 is 6.04. The number of H-pyrrole nitrogens is 1. The number of aromatic amines is 1. The number of nitrogens with one attached hydrogen (secondary N) is 1. The Kier molecular flexibility index (Phi) is 3.61. The highest BCUT2D eigenvalue weighted by molar-refractivity contribution is 6.35. The number of rotatable bonds is 2. The molecule has 2 N–H and O–H groups in total. The number of carboxylic acids is 1. The topological polar surface area (TPSA) is 62.3 Å². The SMILES string of the molecule is CC1(CC(=O)O)OCCc2c1[nH]c1c(Cl)ccc(C(F)(F)F)c21. The number of halogens is 4. The first-order valence-electron chi connectivity index (χ1n) is 6.90. The summed E-state index contributed by atoms with van der Waals surface area (Å²) in [6.45, 7) is 1.70. The molecule has 23 heavy (non-hydrogen) atoms. The molecule has 0 saturated heterocycles. The van der Waals surface area contributed by atoms with Crippen LogP contribution in [0.25, 0.3) is 10.9 Å². The van der Waals surface area contributed by atoms with Gasteiger partial charge in [-0.25, -0.2) is 0 Å². The van der Waals surface area contributed by atoms with Crippen molar-refractivity contribution in [3.8, 4) is 0 Å². The van der Waals surface area contributed by atoms with Crippen LogP contribution in [0, 0.1) is 0 Å². The van der Waals surface area contributed by atoms with E-state index in [0.717, 1.165) is 6.07 Å². The molecule has 1 aromatic heterocycles. The van der Waals surface area contributed by atoms with Crippen molar-refractivity contribution in [1.82, 2.24) is 4.98 Å². The highest BCUT2D eigenvalue weighted by Gasteiger charge is 2.41. The maximum atomic E-state index is 13.3. The van der Waals surface area contributed by atoms with Crippen LogP contribution in [0.15, 0.2) is 12.1 Å². The number of hydrogen-bond donors (Lipinski definition) is 2. The zero-order chi connectivity index (χ0) is 17.0. The summed E-state index contributed by atoms with van der Waals surface area (Å²) in [6.07, 6.45) is -4.62. The molecule has 1 aliphatic rings. The fraction of sp³-hybridized carbons (Fsp3) is 0.400. The van der Waals surface area contributed by atoms with Gasteiger partial charge in [0.15, 0.2) is 0 Å². The first-order valence-corrected chi connectivity index (χ1v) is 7.28. The number of ether oxygens (including phenoxy) is 1. The van der Waals surface area contributed by atoms with Crippen LogP contribution in [0.5, 0.6) is 0 Å². The number of benzene rings is 1. The van der Waals surface area contributed by atoms with E-state index >= 15 is 0 Å². The van der Waals surface area contributed by atoms with E-state index in [9.17, 15) is 18.0 Å². The minimum absolute atomic E-state index is 0.0000798. The zero-order valence-corrected chi connectivity index (χ0v) is 12.8. The predicted molar refractivity (Wildman–Crippen MR) is 77.6 cm³/mol. The quantitative estimate of drug-likeness (QED) is 0.859. The maximum Gasteiger partial charge on any atom is 0.417 e. The Morgan fingerprint density at radius 1 is 1.48 bits per heavy atom. The largest absolute Gasteiger partial charge is 0.481 e. The van der Waals surface area contributed by atoms with Crippen molar-refractivity contribution in [3.63, 3.8) is 0 Å². The van der Waals surface area contributed by atoms with Crippen LogP contribution >= 0.6 is 11.6 Å². The average Bonchev–Trinajstić information content (AvgIpc) is 2.79. The van der Waals surface area contributed by atoms with E-state index in [1.165, 1.54) is 6.07 Å². The van der Waals surface area contributed by atoms with Crippen molar-refractivity contribution in [1.29, 1.82) is 0 Å². The number of fused-ring (bicyclic) bond motifs is 3. The molecule has 124 valence electrons. The van der Waals surface area contributed by atoms with Crippen molar-refractivity contribution in [2.75, 3.05) is 6.61 Å². The molecule has 0 bridgehead atoms. The summed E-state index contributed by atoms with van der Waals surface area (Å²) in [5.41, 5.74) is -1.07. The lowest BCUT2D eigenvalue weighted by atomic mass is 9.89. The molecule has 1 atom stereocenters. The van der Waals surface area contributed by atoms with Gasteiger partial charge in [0.1, 0.15) is 5.60 Å². The third-order valence-electron chi connectivity index (χ3n) is 4.10. The molecule has 8 heteroatoms. The summed E-state index contributed by atoms with van der Waals surface area (Å²) in [6, 6.07) is 2.13. The lowest BCUT2D eigenvalue weighted by molar-refractivity contribution is -0.146. The van der Waals surface area contributed by atoms with E-state index in [0.29, 0.717) is 11.3 Å². The van der Waals surface area contributed by atoms with E-state index in [1.807, 2.05) is 0 Å². The van der Waals surface area contributed by atoms with E-state index in [1.54, 1.807) is 6.92 Å². The Morgan fingerprint density at radius 2 is 2.17 bits per heavy atom. The van der Waals surface area contributed by atoms with E-state index in [-0.39, 0.29) is 35.4 Å². The van der Waals surface area contributed by atoms with Crippen LogP contribution in [0.3, 0.4) is 0 Å². The number of hydrogen-bond acceptors (Lipinski definition) is 2. The molecular weight excluding hydrogens is 335 g/mol. The van der Waals surface area contributed by atoms with Crippen molar-refractivity contribution >= 4 is 28.5 Å². The Bertz CT molecular complexity index is 799. The van der Waals surface area contributed by atoms with Crippen LogP contribution in [0.1, 0.15) is 30.2 Å². The second-order valence-electron chi connectivity index (χ2n) is 5.72. The van der Waals surface area contributed by atoms with Gasteiger partial charge in [0, 0.05) is 5.39 Å². The molecule has 0 radical (unpaired) electrons. The van der Waals surface area contributed by atoms with Gasteiger partial charge in [0.25, 0.3) is 0 Å². The summed E-state index contributed by atoms with van der Waals surface area (Å²) < 4.78 is 45.5. The van der Waals surface area contributed by atoms with Gasteiger partial charge in [-0.15, -0.1) is 0 Å². The Hall–Kier alpha value is -1.73. The molecular formula is C15H13ClF3NO3. The van der Waals surface area contributed by atoms with Gasteiger partial charge in [-0.05, 0) is 31.0 Å². The summed E-state index contributed by atoms with van der Waals surface area (Å²) in [5.74, 6) is -1.10. The van der Waals surface area contributed by atoms with Gasteiger partial charge in [0.05, 0.1) is 34.8 Å². The van der Waals surface area contributed by atoms with Crippen LogP contribution in [0.2, 0.25) is 5.02 Å². The van der Waals surface area contributed by atoms with Gasteiger partial charge in [-0.1, -0.05) is 11.6 Å². The molecule has 1 unspecified atom stereocenters. The molecule has 0 amide bonds. The minimum atomic E-state index is -4.53. The molecule has 1 aliphatic heterocycles. The zero-order valence-electron chi connectivity index (χ0n) is 12.1. The van der Waals surface area contributed by atoms with E-state index in [2.05, 4.69) is 4.98 Å². The first-order chi connectivity index (χ1) is 10.6. The highest BCUT2D eigenvalue weighted by Crippen LogP contribution is 2.45. The van der Waals surface area contributed by atoms with Gasteiger partial charge >= 0.3 is 12.1 Å². The number of alkyl halides is 3. The summed E-state index contributed by atoms with van der Waals surface area (Å²) in [4.78, 5) is 14.0. The minimum Gasteiger partial charge on any atom is -0.481 e. The van der Waals surface area contributed by atoms with Gasteiger partial charge in [-0.3, -0.25) is 4.79 Å². The molecule has 3 rings (SSSR count).